The van der Waals surface area contributed by atoms with Gasteiger partial charge in [-0.15, -0.1) is 0 Å². The van der Waals surface area contributed by atoms with Crippen molar-refractivity contribution >= 4 is 35.1 Å². The fourth-order valence-electron chi connectivity index (χ4n) is 3.30. The minimum absolute atomic E-state index is 0.0782. The number of hydrogen-bond acceptors (Lipinski definition) is 4. The summed E-state index contributed by atoms with van der Waals surface area (Å²) >= 11 is 6.03. The van der Waals surface area contributed by atoms with Gasteiger partial charge in [0.15, 0.2) is 6.10 Å². The Labute approximate surface area is 174 Å². The first-order valence-corrected chi connectivity index (χ1v) is 9.85. The molecule has 29 heavy (non-hydrogen) atoms. The monoisotopic (exact) mass is 414 g/mol. The number of carbonyl (C=O) groups is 3. The van der Waals surface area contributed by atoms with Crippen molar-refractivity contribution in [2.24, 2.45) is 5.92 Å². The third-order valence-corrected chi connectivity index (χ3v) is 5.36. The molecular weight excluding hydrogens is 392 g/mol. The molecular formula is C22H23ClN2O4. The molecule has 3 atom stereocenters. The van der Waals surface area contributed by atoms with Gasteiger partial charge >= 0.3 is 5.97 Å². The van der Waals surface area contributed by atoms with Crippen molar-refractivity contribution in [3.63, 3.8) is 0 Å². The third-order valence-electron chi connectivity index (χ3n) is 5.04. The molecule has 1 aliphatic rings. The van der Waals surface area contributed by atoms with Crippen LogP contribution >= 0.6 is 11.6 Å². The Bertz CT molecular complexity index is 903. The Hall–Kier alpha value is -2.86. The van der Waals surface area contributed by atoms with Crippen molar-refractivity contribution in [2.75, 3.05) is 11.9 Å². The van der Waals surface area contributed by atoms with Gasteiger partial charge in [0.25, 0.3) is 5.91 Å². The normalized spacial score (nSPS) is 18.2. The number of nitrogens with zero attached hydrogens (tertiary/aromatic N) is 1. The standard InChI is InChI=1S/C22H23ClN2O4/c1-14(16-8-4-3-5-9-16)25-13-17(12-20(25)26)22(28)29-15(2)21(27)24-19-11-7-6-10-18(19)23/h3-11,14-15,17H,12-13H2,1-2H3,(H,24,27)/t14-,15+,17+/m1/s1. The van der Waals surface area contributed by atoms with Gasteiger partial charge in [-0.2, -0.15) is 0 Å². The second-order valence-corrected chi connectivity index (χ2v) is 7.49. The van der Waals surface area contributed by atoms with Gasteiger partial charge in [-0.1, -0.05) is 54.1 Å². The van der Waals surface area contributed by atoms with Gasteiger partial charge in [0, 0.05) is 13.0 Å². The number of amides is 2. The molecule has 1 saturated heterocycles. The van der Waals surface area contributed by atoms with E-state index in [1.807, 2.05) is 37.3 Å². The summed E-state index contributed by atoms with van der Waals surface area (Å²) in [6.45, 7) is 3.69. The first-order valence-electron chi connectivity index (χ1n) is 9.47. The van der Waals surface area contributed by atoms with Crippen LogP contribution in [0.5, 0.6) is 0 Å². The van der Waals surface area contributed by atoms with E-state index in [4.69, 9.17) is 16.3 Å². The van der Waals surface area contributed by atoms with E-state index in [1.165, 1.54) is 6.92 Å². The third kappa shape index (κ3) is 4.95. The molecule has 0 aliphatic carbocycles. The summed E-state index contributed by atoms with van der Waals surface area (Å²) in [5.74, 6) is -1.73. The number of rotatable bonds is 6. The molecule has 3 rings (SSSR count). The maximum Gasteiger partial charge on any atom is 0.312 e. The molecule has 0 saturated carbocycles. The highest BCUT2D eigenvalue weighted by atomic mass is 35.5. The Morgan fingerprint density at radius 1 is 1.10 bits per heavy atom. The molecule has 0 radical (unpaired) electrons. The van der Waals surface area contributed by atoms with Gasteiger partial charge in [0.05, 0.1) is 22.7 Å². The topological polar surface area (TPSA) is 75.7 Å². The summed E-state index contributed by atoms with van der Waals surface area (Å²) in [7, 11) is 0. The number of likely N-dealkylation sites (tertiary alicyclic amines) is 1. The summed E-state index contributed by atoms with van der Waals surface area (Å²) < 4.78 is 5.32. The van der Waals surface area contributed by atoms with Crippen molar-refractivity contribution in [2.45, 2.75) is 32.4 Å². The lowest BCUT2D eigenvalue weighted by atomic mass is 10.1. The Balaban J connectivity index is 1.57. The van der Waals surface area contributed by atoms with Crippen LogP contribution in [0.15, 0.2) is 54.6 Å². The van der Waals surface area contributed by atoms with Crippen LogP contribution in [0.25, 0.3) is 0 Å². The van der Waals surface area contributed by atoms with Crippen molar-refractivity contribution in [3.05, 3.63) is 65.2 Å². The molecule has 0 aromatic heterocycles. The highest BCUT2D eigenvalue weighted by molar-refractivity contribution is 6.33. The molecule has 1 fully saturated rings. The number of anilines is 1. The van der Waals surface area contributed by atoms with Crippen LogP contribution in [0.4, 0.5) is 5.69 Å². The number of hydrogen-bond donors (Lipinski definition) is 1. The highest BCUT2D eigenvalue weighted by Gasteiger charge is 2.38. The van der Waals surface area contributed by atoms with E-state index >= 15 is 0 Å². The van der Waals surface area contributed by atoms with Crippen LogP contribution in [0, 0.1) is 5.92 Å². The van der Waals surface area contributed by atoms with E-state index < -0.39 is 23.9 Å². The maximum atomic E-state index is 12.5. The Morgan fingerprint density at radius 3 is 2.45 bits per heavy atom. The number of benzene rings is 2. The van der Waals surface area contributed by atoms with E-state index in [2.05, 4.69) is 5.32 Å². The summed E-state index contributed by atoms with van der Waals surface area (Å²) in [6.07, 6.45) is -0.927. The Morgan fingerprint density at radius 2 is 1.76 bits per heavy atom. The zero-order valence-electron chi connectivity index (χ0n) is 16.3. The molecule has 0 bridgehead atoms. The molecule has 7 heteroatoms. The number of para-hydroxylation sites is 1. The zero-order chi connectivity index (χ0) is 21.0. The maximum absolute atomic E-state index is 12.5. The Kier molecular flexibility index (Phi) is 6.54. The second-order valence-electron chi connectivity index (χ2n) is 7.08. The predicted octanol–water partition coefficient (Wildman–Crippen LogP) is 3.82. The van der Waals surface area contributed by atoms with E-state index in [1.54, 1.807) is 29.2 Å². The van der Waals surface area contributed by atoms with Crippen molar-refractivity contribution < 1.29 is 19.1 Å². The van der Waals surface area contributed by atoms with Crippen LogP contribution in [0.2, 0.25) is 5.02 Å². The van der Waals surface area contributed by atoms with Crippen molar-refractivity contribution in [1.82, 2.24) is 4.90 Å². The number of halogens is 1. The van der Waals surface area contributed by atoms with Gasteiger partial charge < -0.3 is 15.0 Å². The summed E-state index contributed by atoms with van der Waals surface area (Å²) in [5, 5.41) is 3.03. The molecule has 1 aliphatic heterocycles. The smallest absolute Gasteiger partial charge is 0.312 e. The van der Waals surface area contributed by atoms with Gasteiger partial charge in [-0.05, 0) is 31.5 Å². The fraction of sp³-hybridized carbons (Fsp3) is 0.318. The average molecular weight is 415 g/mol. The van der Waals surface area contributed by atoms with Gasteiger partial charge in [0.1, 0.15) is 0 Å². The SMILES string of the molecule is C[C@H](OC(=O)[C@H]1CC(=O)N([C@H](C)c2ccccc2)C1)C(=O)Nc1ccccc1Cl. The van der Waals surface area contributed by atoms with E-state index in [0.29, 0.717) is 10.7 Å². The molecule has 152 valence electrons. The molecule has 2 aromatic rings. The van der Waals surface area contributed by atoms with Crippen LogP contribution in [0.1, 0.15) is 31.9 Å². The van der Waals surface area contributed by atoms with Crippen molar-refractivity contribution in [1.29, 1.82) is 0 Å². The summed E-state index contributed by atoms with van der Waals surface area (Å²) in [6, 6.07) is 16.3. The first-order chi connectivity index (χ1) is 13.9. The van der Waals surface area contributed by atoms with Crippen LogP contribution < -0.4 is 5.32 Å². The first kappa shape index (κ1) is 20.9. The lowest BCUT2D eigenvalue weighted by Gasteiger charge is -2.25. The largest absolute Gasteiger partial charge is 0.452 e. The van der Waals surface area contributed by atoms with Gasteiger partial charge in [-0.3, -0.25) is 14.4 Å². The highest BCUT2D eigenvalue weighted by Crippen LogP contribution is 2.29. The molecule has 2 aromatic carbocycles. The van der Waals surface area contributed by atoms with Crippen LogP contribution in [-0.4, -0.2) is 35.3 Å². The summed E-state index contributed by atoms with van der Waals surface area (Å²) in [4.78, 5) is 38.9. The number of esters is 1. The van der Waals surface area contributed by atoms with Crippen molar-refractivity contribution in [3.8, 4) is 0 Å². The second kappa shape index (κ2) is 9.09. The minimum atomic E-state index is -1.01. The van der Waals surface area contributed by atoms with Gasteiger partial charge in [-0.25, -0.2) is 0 Å². The van der Waals surface area contributed by atoms with Crippen LogP contribution in [-0.2, 0) is 19.1 Å². The number of nitrogens with one attached hydrogen (secondary N) is 1. The minimum Gasteiger partial charge on any atom is -0.452 e. The molecule has 0 spiro atoms. The van der Waals surface area contributed by atoms with E-state index in [0.717, 1.165) is 5.56 Å². The lowest BCUT2D eigenvalue weighted by molar-refractivity contribution is -0.157. The lowest BCUT2D eigenvalue weighted by Crippen LogP contribution is -2.33. The van der Waals surface area contributed by atoms with E-state index in [9.17, 15) is 14.4 Å². The molecule has 1 N–H and O–H groups in total. The van der Waals surface area contributed by atoms with Crippen LogP contribution in [0.3, 0.4) is 0 Å². The molecule has 0 unspecified atom stereocenters. The molecule has 2 amide bonds. The summed E-state index contributed by atoms with van der Waals surface area (Å²) in [5.41, 5.74) is 1.45. The quantitative estimate of drug-likeness (QED) is 0.729. The average Bonchev–Trinajstić information content (AvgIpc) is 3.11. The predicted molar refractivity (Wildman–Crippen MR) is 110 cm³/mol. The zero-order valence-corrected chi connectivity index (χ0v) is 17.1. The molecule has 6 nitrogen and oxygen atoms in total. The number of carbonyl (C=O) groups excluding carboxylic acids is 3. The van der Waals surface area contributed by atoms with Gasteiger partial charge in [0.2, 0.25) is 5.91 Å². The molecule has 1 heterocycles. The fourth-order valence-corrected chi connectivity index (χ4v) is 3.48. The van der Waals surface area contributed by atoms with E-state index in [-0.39, 0.29) is 24.9 Å². The number of ether oxygens (including phenoxy) is 1.